The molecule has 6 nitrogen and oxygen atoms in total. The van der Waals surface area contributed by atoms with E-state index >= 15 is 0 Å². The van der Waals surface area contributed by atoms with E-state index in [1.165, 1.54) is 0 Å². The van der Waals surface area contributed by atoms with E-state index in [2.05, 4.69) is 9.98 Å². The molecule has 1 unspecified atom stereocenters. The molecular formula is C14H19N3O3. The van der Waals surface area contributed by atoms with Gasteiger partial charge in [0.25, 0.3) is 0 Å². The number of aliphatic imine (C=N–C) groups is 1. The number of fused-ring (bicyclic) bond motifs is 1. The number of aryl methyl sites for hydroxylation is 1. The number of Topliss-reactive ketones (excluding diaryl/α,β-unsaturated/α-hetero) is 2. The van der Waals surface area contributed by atoms with E-state index in [4.69, 9.17) is 4.42 Å². The third-order valence-electron chi connectivity index (χ3n) is 3.28. The van der Waals surface area contributed by atoms with Gasteiger partial charge in [0.05, 0.1) is 18.2 Å². The van der Waals surface area contributed by atoms with E-state index in [1.807, 2.05) is 25.9 Å². The fourth-order valence-electron chi connectivity index (χ4n) is 2.05. The third kappa shape index (κ3) is 2.56. The van der Waals surface area contributed by atoms with Gasteiger partial charge in [-0.2, -0.15) is 0 Å². The lowest BCUT2D eigenvalue weighted by Gasteiger charge is -2.17. The average Bonchev–Trinajstić information content (AvgIpc) is 2.84. The van der Waals surface area contributed by atoms with E-state index in [0.717, 1.165) is 6.54 Å². The summed E-state index contributed by atoms with van der Waals surface area (Å²) in [5.41, 5.74) is 0.411. The molecule has 0 aromatic carbocycles. The van der Waals surface area contributed by atoms with E-state index in [-0.39, 0.29) is 23.0 Å². The zero-order valence-electron chi connectivity index (χ0n) is 12.3. The minimum Gasteiger partial charge on any atom is -0.437 e. The molecule has 0 fully saturated rings. The second-order valence-corrected chi connectivity index (χ2v) is 5.12. The molecule has 0 bridgehead atoms. The van der Waals surface area contributed by atoms with Gasteiger partial charge in [-0.1, -0.05) is 6.92 Å². The molecule has 0 aliphatic heterocycles. The first-order chi connectivity index (χ1) is 9.45. The van der Waals surface area contributed by atoms with Crippen molar-refractivity contribution in [1.29, 1.82) is 0 Å². The van der Waals surface area contributed by atoms with Crippen LogP contribution in [0.25, 0.3) is 0 Å². The van der Waals surface area contributed by atoms with E-state index < -0.39 is 5.92 Å². The summed E-state index contributed by atoms with van der Waals surface area (Å²) in [6, 6.07) is 0. The SMILES string of the molecule is CCc1nc2c(o1)C(=O)C(C)C(=NCCN(C)C)C2=O. The lowest BCUT2D eigenvalue weighted by atomic mass is 9.87. The van der Waals surface area contributed by atoms with Gasteiger partial charge in [-0.15, -0.1) is 0 Å². The summed E-state index contributed by atoms with van der Waals surface area (Å²) in [5, 5.41) is 0. The van der Waals surface area contributed by atoms with Crippen LogP contribution in [0.15, 0.2) is 9.41 Å². The number of rotatable bonds is 4. The Hall–Kier alpha value is -1.82. The highest BCUT2D eigenvalue weighted by atomic mass is 16.4. The van der Waals surface area contributed by atoms with Crippen molar-refractivity contribution >= 4 is 17.3 Å². The van der Waals surface area contributed by atoms with Crippen LogP contribution in [0.3, 0.4) is 0 Å². The highest BCUT2D eigenvalue weighted by Crippen LogP contribution is 2.25. The summed E-state index contributed by atoms with van der Waals surface area (Å²) in [7, 11) is 3.86. The molecular weight excluding hydrogens is 258 g/mol. The van der Waals surface area contributed by atoms with Gasteiger partial charge in [0.15, 0.2) is 11.6 Å². The zero-order valence-corrected chi connectivity index (χ0v) is 12.3. The smallest absolute Gasteiger partial charge is 0.229 e. The lowest BCUT2D eigenvalue weighted by Crippen LogP contribution is -2.35. The summed E-state index contributed by atoms with van der Waals surface area (Å²) in [4.78, 5) is 34.9. The largest absolute Gasteiger partial charge is 0.437 e. The molecule has 0 saturated carbocycles. The van der Waals surface area contributed by atoms with Gasteiger partial charge in [-0.05, 0) is 21.0 Å². The van der Waals surface area contributed by atoms with Crippen LogP contribution in [0.4, 0.5) is 0 Å². The van der Waals surface area contributed by atoms with Crippen LogP contribution in [0.2, 0.25) is 0 Å². The van der Waals surface area contributed by atoms with Crippen molar-refractivity contribution in [1.82, 2.24) is 9.88 Å². The van der Waals surface area contributed by atoms with E-state index in [1.54, 1.807) is 6.92 Å². The van der Waals surface area contributed by atoms with Crippen LogP contribution in [0.1, 0.15) is 40.8 Å². The second-order valence-electron chi connectivity index (χ2n) is 5.12. The van der Waals surface area contributed by atoms with Crippen molar-refractivity contribution in [2.45, 2.75) is 20.3 Å². The standard InChI is InChI=1S/C14H19N3O3/c1-5-9-16-11-13(19)10(15-6-7-17(3)4)8(2)12(18)14(11)20-9/h8H,5-7H2,1-4H3. The maximum Gasteiger partial charge on any atom is 0.229 e. The van der Waals surface area contributed by atoms with Gasteiger partial charge in [0.2, 0.25) is 17.3 Å². The monoisotopic (exact) mass is 277 g/mol. The Labute approximate surface area is 117 Å². The van der Waals surface area contributed by atoms with Crippen molar-refractivity contribution in [2.24, 2.45) is 10.9 Å². The Balaban J connectivity index is 2.33. The van der Waals surface area contributed by atoms with Crippen molar-refractivity contribution < 1.29 is 14.0 Å². The van der Waals surface area contributed by atoms with Gasteiger partial charge < -0.3 is 9.32 Å². The van der Waals surface area contributed by atoms with Crippen molar-refractivity contribution in [3.8, 4) is 0 Å². The second kappa shape index (κ2) is 5.66. The summed E-state index contributed by atoms with van der Waals surface area (Å²) < 4.78 is 5.35. The third-order valence-corrected chi connectivity index (χ3v) is 3.28. The van der Waals surface area contributed by atoms with Crippen molar-refractivity contribution in [3.05, 3.63) is 17.3 Å². The number of ketones is 2. The van der Waals surface area contributed by atoms with E-state index in [9.17, 15) is 9.59 Å². The summed E-state index contributed by atoms with van der Waals surface area (Å²) in [6.45, 7) is 4.76. The van der Waals surface area contributed by atoms with E-state index in [0.29, 0.717) is 24.6 Å². The van der Waals surface area contributed by atoms with Crippen molar-refractivity contribution in [3.63, 3.8) is 0 Å². The molecule has 2 rings (SSSR count). The van der Waals surface area contributed by atoms with Crippen LogP contribution in [-0.4, -0.2) is 54.3 Å². The molecule has 1 heterocycles. The number of carbonyl (C=O) groups is 2. The predicted molar refractivity (Wildman–Crippen MR) is 74.6 cm³/mol. The summed E-state index contributed by atoms with van der Waals surface area (Å²) in [6.07, 6.45) is 0.551. The van der Waals surface area contributed by atoms with Gasteiger partial charge in [0, 0.05) is 13.0 Å². The molecule has 1 aliphatic rings. The molecule has 1 atom stereocenters. The normalized spacial score (nSPS) is 20.9. The Morgan fingerprint density at radius 3 is 2.65 bits per heavy atom. The highest BCUT2D eigenvalue weighted by molar-refractivity contribution is 6.52. The molecule has 0 radical (unpaired) electrons. The maximum absolute atomic E-state index is 12.4. The summed E-state index contributed by atoms with van der Waals surface area (Å²) >= 11 is 0. The molecule has 20 heavy (non-hydrogen) atoms. The molecule has 6 heteroatoms. The van der Waals surface area contributed by atoms with Gasteiger partial charge in [-0.3, -0.25) is 14.6 Å². The molecule has 1 aromatic heterocycles. The highest BCUT2D eigenvalue weighted by Gasteiger charge is 2.40. The predicted octanol–water partition coefficient (Wildman–Crippen LogP) is 1.25. The average molecular weight is 277 g/mol. The topological polar surface area (TPSA) is 75.8 Å². The minimum atomic E-state index is -0.560. The number of carbonyl (C=O) groups excluding carboxylic acids is 2. The number of oxazole rings is 1. The van der Waals surface area contributed by atoms with Crippen LogP contribution in [0.5, 0.6) is 0 Å². The number of nitrogens with zero attached hydrogens (tertiary/aromatic N) is 3. The number of aromatic nitrogens is 1. The Kier molecular flexibility index (Phi) is 4.13. The summed E-state index contributed by atoms with van der Waals surface area (Å²) in [5.74, 6) is -0.552. The molecule has 0 spiro atoms. The number of hydrogen-bond donors (Lipinski definition) is 0. The Bertz CT molecular complexity index is 572. The Morgan fingerprint density at radius 2 is 2.05 bits per heavy atom. The molecule has 1 aromatic rings. The van der Waals surface area contributed by atoms with Crippen LogP contribution >= 0.6 is 0 Å². The maximum atomic E-state index is 12.4. The van der Waals surface area contributed by atoms with Crippen molar-refractivity contribution in [2.75, 3.05) is 27.2 Å². The van der Waals surface area contributed by atoms with Gasteiger partial charge in [0.1, 0.15) is 0 Å². The molecule has 108 valence electrons. The Morgan fingerprint density at radius 1 is 1.35 bits per heavy atom. The van der Waals surface area contributed by atoms with Gasteiger partial charge >= 0.3 is 0 Å². The first-order valence-electron chi connectivity index (χ1n) is 6.73. The minimum absolute atomic E-state index is 0.0888. The van der Waals surface area contributed by atoms with Crippen LogP contribution in [-0.2, 0) is 6.42 Å². The van der Waals surface area contributed by atoms with Crippen LogP contribution in [0, 0.1) is 5.92 Å². The fraction of sp³-hybridized carbons (Fsp3) is 0.571. The van der Waals surface area contributed by atoms with Gasteiger partial charge in [-0.25, -0.2) is 4.98 Å². The molecule has 0 amide bonds. The fourth-order valence-corrected chi connectivity index (χ4v) is 2.05. The number of hydrogen-bond acceptors (Lipinski definition) is 6. The zero-order chi connectivity index (χ0) is 14.9. The van der Waals surface area contributed by atoms with Crippen LogP contribution < -0.4 is 0 Å². The molecule has 0 saturated heterocycles. The number of likely N-dealkylation sites (N-methyl/N-ethyl adjacent to an activating group) is 1. The first-order valence-corrected chi connectivity index (χ1v) is 6.73. The first kappa shape index (κ1) is 14.6. The quantitative estimate of drug-likeness (QED) is 0.828. The lowest BCUT2D eigenvalue weighted by molar-refractivity contribution is 0.0899. The molecule has 1 aliphatic carbocycles. The molecule has 0 N–H and O–H groups in total.